The highest BCUT2D eigenvalue weighted by molar-refractivity contribution is 7.99. The number of nitrogens with one attached hydrogen (secondary N) is 1. The number of aromatic nitrogens is 2. The molecule has 98 valence electrons. The predicted molar refractivity (Wildman–Crippen MR) is 76.5 cm³/mol. The van der Waals surface area contributed by atoms with Gasteiger partial charge in [0, 0.05) is 31.4 Å². The summed E-state index contributed by atoms with van der Waals surface area (Å²) in [6.45, 7) is 7.58. The SMILES string of the molecule is CCSCCC(C)NCc1cn(C)nc1CC. The molecule has 1 heterocycles. The summed E-state index contributed by atoms with van der Waals surface area (Å²) >= 11 is 2.01. The molecule has 4 heteroatoms. The summed E-state index contributed by atoms with van der Waals surface area (Å²) in [4.78, 5) is 0. The van der Waals surface area contributed by atoms with Gasteiger partial charge in [-0.05, 0) is 31.3 Å². The molecule has 0 radical (unpaired) electrons. The molecule has 0 aliphatic heterocycles. The van der Waals surface area contributed by atoms with Gasteiger partial charge in [0.05, 0.1) is 5.69 Å². The molecule has 1 N–H and O–H groups in total. The molecular weight excluding hydrogens is 230 g/mol. The molecule has 1 rings (SSSR count). The van der Waals surface area contributed by atoms with E-state index in [1.54, 1.807) is 0 Å². The van der Waals surface area contributed by atoms with Crippen LogP contribution in [0.15, 0.2) is 6.20 Å². The van der Waals surface area contributed by atoms with Crippen molar-refractivity contribution in [2.75, 3.05) is 11.5 Å². The van der Waals surface area contributed by atoms with Crippen LogP contribution in [0.3, 0.4) is 0 Å². The van der Waals surface area contributed by atoms with E-state index < -0.39 is 0 Å². The summed E-state index contributed by atoms with van der Waals surface area (Å²) in [7, 11) is 1.99. The van der Waals surface area contributed by atoms with Crippen molar-refractivity contribution >= 4 is 11.8 Å². The molecular formula is C13H25N3S. The lowest BCUT2D eigenvalue weighted by molar-refractivity contribution is 0.536. The number of thioether (sulfide) groups is 1. The Hall–Kier alpha value is -0.480. The fraction of sp³-hybridized carbons (Fsp3) is 0.769. The van der Waals surface area contributed by atoms with Crippen molar-refractivity contribution in [2.45, 2.75) is 46.2 Å². The monoisotopic (exact) mass is 255 g/mol. The van der Waals surface area contributed by atoms with Crippen LogP contribution >= 0.6 is 11.8 Å². The Balaban J connectivity index is 2.33. The Morgan fingerprint density at radius 1 is 1.47 bits per heavy atom. The molecule has 0 aromatic carbocycles. The van der Waals surface area contributed by atoms with Crippen molar-refractivity contribution in [1.82, 2.24) is 15.1 Å². The fourth-order valence-electron chi connectivity index (χ4n) is 1.82. The Morgan fingerprint density at radius 2 is 2.24 bits per heavy atom. The minimum atomic E-state index is 0.582. The molecule has 0 fully saturated rings. The average molecular weight is 255 g/mol. The Morgan fingerprint density at radius 3 is 2.88 bits per heavy atom. The zero-order valence-electron chi connectivity index (χ0n) is 11.5. The van der Waals surface area contributed by atoms with E-state index in [-0.39, 0.29) is 0 Å². The maximum Gasteiger partial charge on any atom is 0.0666 e. The van der Waals surface area contributed by atoms with Crippen molar-refractivity contribution in [3.63, 3.8) is 0 Å². The van der Waals surface area contributed by atoms with Crippen molar-refractivity contribution in [1.29, 1.82) is 0 Å². The average Bonchev–Trinajstić information content (AvgIpc) is 2.67. The molecule has 3 nitrogen and oxygen atoms in total. The minimum Gasteiger partial charge on any atom is -0.310 e. The number of aryl methyl sites for hydroxylation is 2. The third kappa shape index (κ3) is 5.13. The molecule has 1 aromatic rings. The predicted octanol–water partition coefficient (Wildman–Crippen LogP) is 2.60. The van der Waals surface area contributed by atoms with Crippen LogP contribution in [-0.4, -0.2) is 27.3 Å². The second-order valence-corrected chi connectivity index (χ2v) is 5.79. The lowest BCUT2D eigenvalue weighted by Crippen LogP contribution is -2.26. The number of nitrogens with zero attached hydrogens (tertiary/aromatic N) is 2. The summed E-state index contributed by atoms with van der Waals surface area (Å²) in [6, 6.07) is 0.582. The summed E-state index contributed by atoms with van der Waals surface area (Å²) in [5.74, 6) is 2.47. The molecule has 1 atom stereocenters. The van der Waals surface area contributed by atoms with Gasteiger partial charge in [-0.1, -0.05) is 13.8 Å². The minimum absolute atomic E-state index is 0.582. The highest BCUT2D eigenvalue weighted by Crippen LogP contribution is 2.08. The van der Waals surface area contributed by atoms with Gasteiger partial charge < -0.3 is 5.32 Å². The van der Waals surface area contributed by atoms with Gasteiger partial charge in [0.15, 0.2) is 0 Å². The summed E-state index contributed by atoms with van der Waals surface area (Å²) in [5.41, 5.74) is 2.56. The lowest BCUT2D eigenvalue weighted by Gasteiger charge is -2.13. The Kier molecular flexibility index (Phi) is 6.66. The topological polar surface area (TPSA) is 29.9 Å². The van der Waals surface area contributed by atoms with Crippen LogP contribution in [0, 0.1) is 0 Å². The number of rotatable bonds is 8. The van der Waals surface area contributed by atoms with Gasteiger partial charge in [-0.25, -0.2) is 0 Å². The van der Waals surface area contributed by atoms with Crippen LogP contribution in [-0.2, 0) is 20.0 Å². The molecule has 0 aliphatic rings. The van der Waals surface area contributed by atoms with E-state index in [9.17, 15) is 0 Å². The number of hydrogen-bond acceptors (Lipinski definition) is 3. The van der Waals surface area contributed by atoms with Gasteiger partial charge in [0.1, 0.15) is 0 Å². The maximum absolute atomic E-state index is 4.46. The van der Waals surface area contributed by atoms with Crippen LogP contribution in [0.5, 0.6) is 0 Å². The van der Waals surface area contributed by atoms with Crippen molar-refractivity contribution in [3.8, 4) is 0 Å². The molecule has 0 bridgehead atoms. The maximum atomic E-state index is 4.46. The van der Waals surface area contributed by atoms with Gasteiger partial charge in [-0.3, -0.25) is 4.68 Å². The Bertz CT molecular complexity index is 322. The molecule has 1 aromatic heterocycles. The highest BCUT2D eigenvalue weighted by Gasteiger charge is 2.07. The molecule has 0 amide bonds. The second-order valence-electron chi connectivity index (χ2n) is 4.40. The van der Waals surface area contributed by atoms with E-state index in [0.29, 0.717) is 6.04 Å². The molecule has 17 heavy (non-hydrogen) atoms. The fourth-order valence-corrected chi connectivity index (χ4v) is 2.63. The third-order valence-electron chi connectivity index (χ3n) is 2.87. The Labute approximate surface area is 109 Å². The first-order valence-corrected chi connectivity index (χ1v) is 7.65. The summed E-state index contributed by atoms with van der Waals surface area (Å²) < 4.78 is 1.91. The zero-order valence-corrected chi connectivity index (χ0v) is 12.3. The van der Waals surface area contributed by atoms with Gasteiger partial charge in [-0.2, -0.15) is 16.9 Å². The lowest BCUT2D eigenvalue weighted by atomic mass is 10.2. The van der Waals surface area contributed by atoms with Gasteiger partial charge in [0.2, 0.25) is 0 Å². The highest BCUT2D eigenvalue weighted by atomic mass is 32.2. The normalized spacial score (nSPS) is 12.9. The molecule has 0 aliphatic carbocycles. The molecule has 0 saturated carbocycles. The van der Waals surface area contributed by atoms with E-state index in [1.165, 1.54) is 29.2 Å². The number of hydrogen-bond donors (Lipinski definition) is 1. The summed E-state index contributed by atoms with van der Waals surface area (Å²) in [6.07, 6.45) is 4.37. The third-order valence-corrected chi connectivity index (χ3v) is 3.80. The molecule has 1 unspecified atom stereocenters. The summed E-state index contributed by atoms with van der Waals surface area (Å²) in [5, 5.41) is 8.03. The first kappa shape index (κ1) is 14.6. The van der Waals surface area contributed by atoms with Crippen LogP contribution in [0.1, 0.15) is 38.4 Å². The van der Waals surface area contributed by atoms with Crippen LogP contribution in [0.2, 0.25) is 0 Å². The van der Waals surface area contributed by atoms with Gasteiger partial charge in [-0.15, -0.1) is 0 Å². The standard InChI is InChI=1S/C13H25N3S/c1-5-13-12(10-16(4)15-13)9-14-11(3)7-8-17-6-2/h10-11,14H,5-9H2,1-4H3. The molecule has 0 saturated heterocycles. The van der Waals surface area contributed by atoms with E-state index >= 15 is 0 Å². The quantitative estimate of drug-likeness (QED) is 0.724. The van der Waals surface area contributed by atoms with Gasteiger partial charge >= 0.3 is 0 Å². The van der Waals surface area contributed by atoms with Crippen molar-refractivity contribution in [3.05, 3.63) is 17.5 Å². The van der Waals surface area contributed by atoms with Crippen LogP contribution in [0.4, 0.5) is 0 Å². The van der Waals surface area contributed by atoms with Gasteiger partial charge in [0.25, 0.3) is 0 Å². The first-order valence-electron chi connectivity index (χ1n) is 6.49. The smallest absolute Gasteiger partial charge is 0.0666 e. The molecule has 0 spiro atoms. The van der Waals surface area contributed by atoms with Crippen molar-refractivity contribution < 1.29 is 0 Å². The van der Waals surface area contributed by atoms with E-state index in [2.05, 4.69) is 37.4 Å². The van der Waals surface area contributed by atoms with Crippen LogP contribution < -0.4 is 5.32 Å². The largest absolute Gasteiger partial charge is 0.310 e. The van der Waals surface area contributed by atoms with E-state index in [0.717, 1.165) is 13.0 Å². The van der Waals surface area contributed by atoms with Crippen molar-refractivity contribution in [2.24, 2.45) is 7.05 Å². The van der Waals surface area contributed by atoms with E-state index in [4.69, 9.17) is 0 Å². The van der Waals surface area contributed by atoms with E-state index in [1.807, 2.05) is 23.5 Å². The zero-order chi connectivity index (χ0) is 12.7. The van der Waals surface area contributed by atoms with Crippen LogP contribution in [0.25, 0.3) is 0 Å². The second kappa shape index (κ2) is 7.77. The first-order chi connectivity index (χ1) is 8.17.